The first-order valence-corrected chi connectivity index (χ1v) is 8.36. The summed E-state index contributed by atoms with van der Waals surface area (Å²) in [6, 6.07) is 5.92. The lowest BCUT2D eigenvalue weighted by Crippen LogP contribution is -2.44. The summed E-state index contributed by atoms with van der Waals surface area (Å²) >= 11 is 0. The zero-order valence-corrected chi connectivity index (χ0v) is 14.1. The molecule has 1 saturated carbocycles. The molecule has 0 aromatic heterocycles. The summed E-state index contributed by atoms with van der Waals surface area (Å²) in [5, 5.41) is 6.53. The van der Waals surface area contributed by atoms with Crippen LogP contribution in [0.1, 0.15) is 50.2 Å². The Morgan fingerprint density at radius 1 is 0.957 bits per heavy atom. The van der Waals surface area contributed by atoms with Crippen LogP contribution in [0.15, 0.2) is 27.8 Å². The molecule has 0 heterocycles. The molecule has 0 aliphatic heterocycles. The van der Waals surface area contributed by atoms with Gasteiger partial charge in [-0.05, 0) is 50.8 Å². The third kappa shape index (κ3) is 2.90. The average Bonchev–Trinajstić information content (AvgIpc) is 2.55. The maximum Gasteiger partial charge on any atom is 0.253 e. The number of hydrogen-bond donors (Lipinski definition) is 2. The second-order valence-electron chi connectivity index (χ2n) is 7.03. The predicted octanol–water partition coefficient (Wildman–Crippen LogP) is 3.78. The summed E-state index contributed by atoms with van der Waals surface area (Å²) in [5.41, 5.74) is 3.10. The van der Waals surface area contributed by atoms with Crippen LogP contribution in [-0.2, 0) is 0 Å². The molecule has 23 heavy (non-hydrogen) atoms. The molecule has 0 spiro atoms. The molecule has 0 saturated heterocycles. The monoisotopic (exact) mass is 312 g/mol. The van der Waals surface area contributed by atoms with Crippen LogP contribution in [0.4, 0.5) is 17.1 Å². The van der Waals surface area contributed by atoms with E-state index in [1.165, 1.54) is 19.3 Å². The summed E-state index contributed by atoms with van der Waals surface area (Å²) in [5.74, 6) is 0. The van der Waals surface area contributed by atoms with Gasteiger partial charge in [0, 0.05) is 11.2 Å². The molecular formula is C19H24N2O2. The van der Waals surface area contributed by atoms with Gasteiger partial charge in [0.25, 0.3) is 10.9 Å². The third-order valence-electron chi connectivity index (χ3n) is 5.16. The van der Waals surface area contributed by atoms with Gasteiger partial charge in [-0.1, -0.05) is 31.4 Å². The van der Waals surface area contributed by atoms with Gasteiger partial charge in [0.1, 0.15) is 11.4 Å². The standard InChI is InChI=1S/C19H24N2O2/c1-12-8-7-9-14(13(12)2)20-15-16(18(23)17(15)22)21-19(3)10-5-4-6-11-19/h7-9,20-21H,4-6,10-11H2,1-3H3. The SMILES string of the molecule is Cc1cccc(Nc2c(NC3(C)CCCCC3)c(=O)c2=O)c1C. The van der Waals surface area contributed by atoms with E-state index in [2.05, 4.69) is 17.6 Å². The fourth-order valence-corrected chi connectivity index (χ4v) is 3.41. The Labute approximate surface area is 136 Å². The van der Waals surface area contributed by atoms with E-state index in [9.17, 15) is 9.59 Å². The Bertz CT molecular complexity index is 794. The highest BCUT2D eigenvalue weighted by molar-refractivity contribution is 5.80. The topological polar surface area (TPSA) is 58.2 Å². The lowest BCUT2D eigenvalue weighted by molar-refractivity contribution is 0.349. The van der Waals surface area contributed by atoms with Crippen LogP contribution >= 0.6 is 0 Å². The van der Waals surface area contributed by atoms with Crippen molar-refractivity contribution in [3.05, 3.63) is 49.8 Å². The van der Waals surface area contributed by atoms with Crippen molar-refractivity contribution in [3.8, 4) is 0 Å². The van der Waals surface area contributed by atoms with Crippen LogP contribution in [0.5, 0.6) is 0 Å². The number of nitrogens with one attached hydrogen (secondary N) is 2. The highest BCUT2D eigenvalue weighted by Gasteiger charge is 2.31. The van der Waals surface area contributed by atoms with Crippen molar-refractivity contribution in [2.45, 2.75) is 58.4 Å². The first-order chi connectivity index (χ1) is 10.9. The van der Waals surface area contributed by atoms with Crippen molar-refractivity contribution in [3.63, 3.8) is 0 Å². The van der Waals surface area contributed by atoms with Crippen molar-refractivity contribution in [1.82, 2.24) is 0 Å². The largest absolute Gasteiger partial charge is 0.375 e. The number of anilines is 3. The van der Waals surface area contributed by atoms with E-state index in [1.807, 2.05) is 32.0 Å². The number of aryl methyl sites for hydroxylation is 1. The molecule has 0 amide bonds. The molecule has 0 unspecified atom stereocenters. The Kier molecular flexibility index (Phi) is 4.00. The highest BCUT2D eigenvalue weighted by atomic mass is 16.2. The van der Waals surface area contributed by atoms with Gasteiger partial charge in [0.05, 0.1) is 0 Å². The van der Waals surface area contributed by atoms with Crippen LogP contribution < -0.4 is 21.5 Å². The Hall–Kier alpha value is -2.10. The Balaban J connectivity index is 1.87. The van der Waals surface area contributed by atoms with Crippen LogP contribution in [-0.4, -0.2) is 5.54 Å². The number of hydrogen-bond acceptors (Lipinski definition) is 4. The molecule has 0 radical (unpaired) electrons. The van der Waals surface area contributed by atoms with Gasteiger partial charge in [-0.2, -0.15) is 0 Å². The Morgan fingerprint density at radius 3 is 2.30 bits per heavy atom. The fourth-order valence-electron chi connectivity index (χ4n) is 3.41. The normalized spacial score (nSPS) is 17.2. The molecule has 4 nitrogen and oxygen atoms in total. The minimum atomic E-state index is -0.423. The molecule has 1 aliphatic rings. The summed E-state index contributed by atoms with van der Waals surface area (Å²) in [6.45, 7) is 6.19. The molecule has 1 aliphatic carbocycles. The summed E-state index contributed by atoms with van der Waals surface area (Å²) in [7, 11) is 0. The van der Waals surface area contributed by atoms with E-state index in [1.54, 1.807) is 0 Å². The maximum atomic E-state index is 12.0. The molecule has 0 atom stereocenters. The van der Waals surface area contributed by atoms with E-state index in [0.717, 1.165) is 29.7 Å². The van der Waals surface area contributed by atoms with E-state index >= 15 is 0 Å². The third-order valence-corrected chi connectivity index (χ3v) is 5.16. The summed E-state index contributed by atoms with van der Waals surface area (Å²) in [6.07, 6.45) is 5.65. The van der Waals surface area contributed by atoms with Gasteiger partial charge in [-0.15, -0.1) is 0 Å². The zero-order valence-electron chi connectivity index (χ0n) is 14.1. The van der Waals surface area contributed by atoms with E-state index in [-0.39, 0.29) is 5.54 Å². The molecule has 2 aromatic rings. The van der Waals surface area contributed by atoms with E-state index < -0.39 is 10.9 Å². The molecule has 122 valence electrons. The van der Waals surface area contributed by atoms with Gasteiger partial charge in [-0.25, -0.2) is 0 Å². The minimum absolute atomic E-state index is 0.0848. The minimum Gasteiger partial charge on any atom is -0.375 e. The first-order valence-electron chi connectivity index (χ1n) is 8.36. The molecule has 1 fully saturated rings. The lowest BCUT2D eigenvalue weighted by Gasteiger charge is -2.36. The van der Waals surface area contributed by atoms with Gasteiger partial charge in [-0.3, -0.25) is 9.59 Å². The average molecular weight is 312 g/mol. The smallest absolute Gasteiger partial charge is 0.253 e. The second kappa shape index (κ2) is 5.84. The van der Waals surface area contributed by atoms with Crippen LogP contribution in [0.2, 0.25) is 0 Å². The number of rotatable bonds is 4. The highest BCUT2D eigenvalue weighted by Crippen LogP contribution is 2.33. The molecule has 0 bridgehead atoms. The predicted molar refractivity (Wildman–Crippen MR) is 95.7 cm³/mol. The quantitative estimate of drug-likeness (QED) is 0.844. The fraction of sp³-hybridized carbons (Fsp3) is 0.474. The van der Waals surface area contributed by atoms with Crippen molar-refractivity contribution in [2.24, 2.45) is 0 Å². The van der Waals surface area contributed by atoms with Crippen LogP contribution in [0.3, 0.4) is 0 Å². The molecule has 2 aromatic carbocycles. The van der Waals surface area contributed by atoms with Gasteiger partial charge >= 0.3 is 0 Å². The lowest BCUT2D eigenvalue weighted by atomic mass is 9.83. The van der Waals surface area contributed by atoms with Gasteiger partial charge in [0.15, 0.2) is 0 Å². The van der Waals surface area contributed by atoms with Crippen LogP contribution in [0.25, 0.3) is 0 Å². The molecule has 4 heteroatoms. The van der Waals surface area contributed by atoms with Gasteiger partial charge in [0.2, 0.25) is 0 Å². The first kappa shape index (κ1) is 15.8. The van der Waals surface area contributed by atoms with Crippen molar-refractivity contribution < 1.29 is 0 Å². The van der Waals surface area contributed by atoms with Crippen LogP contribution in [0, 0.1) is 13.8 Å². The second-order valence-corrected chi connectivity index (χ2v) is 7.03. The maximum absolute atomic E-state index is 12.0. The van der Waals surface area contributed by atoms with E-state index in [0.29, 0.717) is 11.4 Å². The number of benzene rings is 1. The van der Waals surface area contributed by atoms with Crippen molar-refractivity contribution in [1.29, 1.82) is 0 Å². The zero-order chi connectivity index (χ0) is 16.6. The molecular weight excluding hydrogens is 288 g/mol. The molecule has 2 N–H and O–H groups in total. The summed E-state index contributed by atoms with van der Waals surface area (Å²) in [4.78, 5) is 24.0. The summed E-state index contributed by atoms with van der Waals surface area (Å²) < 4.78 is 0. The van der Waals surface area contributed by atoms with Gasteiger partial charge < -0.3 is 10.6 Å². The Morgan fingerprint density at radius 2 is 1.61 bits per heavy atom. The van der Waals surface area contributed by atoms with Crippen molar-refractivity contribution in [2.75, 3.05) is 10.6 Å². The van der Waals surface area contributed by atoms with E-state index in [4.69, 9.17) is 0 Å². The molecule has 3 rings (SSSR count). The van der Waals surface area contributed by atoms with Crippen molar-refractivity contribution >= 4 is 17.1 Å².